The number of sulfonamides is 2. The highest BCUT2D eigenvalue weighted by Gasteiger charge is 2.21. The molecule has 208 valence electrons. The van der Waals surface area contributed by atoms with Crippen molar-refractivity contribution >= 4 is 37.1 Å². The highest BCUT2D eigenvalue weighted by atomic mass is 35.5. The molecule has 0 aromatic heterocycles. The topological polar surface area (TPSA) is 115 Å². The highest BCUT2D eigenvalue weighted by Crippen LogP contribution is 2.31. The van der Waals surface area contributed by atoms with Gasteiger partial charge in [-0.15, -0.1) is 5.11 Å². The molecule has 0 amide bonds. The summed E-state index contributed by atoms with van der Waals surface area (Å²) < 4.78 is 55.0. The van der Waals surface area contributed by atoms with Crippen molar-refractivity contribution in [3.63, 3.8) is 0 Å². The minimum absolute atomic E-state index is 0. The Balaban J connectivity index is 0.00000507. The van der Waals surface area contributed by atoms with Crippen molar-refractivity contribution in [3.8, 4) is 0 Å². The summed E-state index contributed by atoms with van der Waals surface area (Å²) in [5.41, 5.74) is 1.35. The minimum Gasteiger partial charge on any atom is -1.00 e. The maximum Gasteiger partial charge on any atom is 0.242 e. The Bertz CT molecular complexity index is 1370. The van der Waals surface area contributed by atoms with Crippen LogP contribution in [0.1, 0.15) is 13.8 Å². The van der Waals surface area contributed by atoms with Crippen LogP contribution < -0.4 is 22.0 Å². The zero-order valence-corrected chi connectivity index (χ0v) is 24.3. The number of rotatable bonds is 12. The molecule has 1 aliphatic heterocycles. The molecule has 0 fully saturated rings. The van der Waals surface area contributed by atoms with Gasteiger partial charge < -0.3 is 22.2 Å². The number of nitrogens with one attached hydrogen (secondary N) is 1. The molecule has 1 N–H and O–H groups in total. The summed E-state index contributed by atoms with van der Waals surface area (Å²) in [6.45, 7) is 6.93. The molecule has 0 spiro atoms. The van der Waals surface area contributed by atoms with Crippen LogP contribution in [0.25, 0.3) is 0 Å². The van der Waals surface area contributed by atoms with Gasteiger partial charge >= 0.3 is 0 Å². The largest absolute Gasteiger partial charge is 1.00 e. The standard InChI is InChI=1S/C25H34N6O4S2.ClH/c1-5-31(6-2)22-12-15-24(28-27-21-10-13-23(14-11-21)37(34,35)29(3)4)25(20-22)36(32,33)26-16-19-30-17-8-7-9-18-30;/h7-15,17,20,26H,5-6,16,18-19H2,1-4H3;1H/p-1. The Kier molecular flexibility index (Phi) is 11.5. The van der Waals surface area contributed by atoms with Gasteiger partial charge in [0.15, 0.2) is 0 Å². The Morgan fingerprint density at radius 3 is 2.21 bits per heavy atom. The van der Waals surface area contributed by atoms with Crippen LogP contribution in [0.5, 0.6) is 0 Å². The lowest BCUT2D eigenvalue weighted by Crippen LogP contribution is -3.00. The van der Waals surface area contributed by atoms with Gasteiger partial charge in [0.2, 0.25) is 20.0 Å². The molecule has 0 radical (unpaired) electrons. The molecule has 0 saturated carbocycles. The van der Waals surface area contributed by atoms with Crippen LogP contribution in [0.2, 0.25) is 0 Å². The third-order valence-corrected chi connectivity index (χ3v) is 9.14. The van der Waals surface area contributed by atoms with Crippen LogP contribution >= 0.6 is 0 Å². The van der Waals surface area contributed by atoms with Crippen molar-refractivity contribution in [2.24, 2.45) is 10.2 Å². The SMILES string of the molecule is CCN(CC)c1ccc(N=Nc2ccc(S(=O)(=O)N(C)C)cc2)c(S(=O)(=O)NCCN2C=CC=CC2)c1.[Cl-]. The zero-order chi connectivity index (χ0) is 27.1. The summed E-state index contributed by atoms with van der Waals surface area (Å²) in [6, 6.07) is 11.0. The quantitative estimate of drug-likeness (QED) is 0.372. The second-order valence-electron chi connectivity index (χ2n) is 8.47. The van der Waals surface area contributed by atoms with Crippen molar-refractivity contribution < 1.29 is 29.2 Å². The van der Waals surface area contributed by atoms with Gasteiger partial charge in [0, 0.05) is 52.5 Å². The van der Waals surface area contributed by atoms with E-state index in [-0.39, 0.29) is 34.4 Å². The fourth-order valence-corrected chi connectivity index (χ4v) is 5.74. The fourth-order valence-electron chi connectivity index (χ4n) is 3.67. The molecule has 3 rings (SSSR count). The molecule has 2 aromatic carbocycles. The van der Waals surface area contributed by atoms with E-state index >= 15 is 0 Å². The molecular formula is C25H34ClN6O4S2-. The van der Waals surface area contributed by atoms with E-state index < -0.39 is 20.0 Å². The van der Waals surface area contributed by atoms with Gasteiger partial charge in [-0.2, -0.15) is 5.11 Å². The van der Waals surface area contributed by atoms with Crippen molar-refractivity contribution in [1.82, 2.24) is 13.9 Å². The van der Waals surface area contributed by atoms with Crippen LogP contribution in [0.3, 0.4) is 0 Å². The van der Waals surface area contributed by atoms with E-state index in [4.69, 9.17) is 0 Å². The van der Waals surface area contributed by atoms with Crippen molar-refractivity contribution in [1.29, 1.82) is 0 Å². The predicted octanol–water partition coefficient (Wildman–Crippen LogP) is 0.866. The molecule has 1 heterocycles. The molecule has 1 aliphatic rings. The van der Waals surface area contributed by atoms with Crippen LogP contribution in [0, 0.1) is 0 Å². The molecule has 0 bridgehead atoms. The fraction of sp³-hybridized carbons (Fsp3) is 0.360. The van der Waals surface area contributed by atoms with E-state index in [9.17, 15) is 16.8 Å². The van der Waals surface area contributed by atoms with E-state index in [0.717, 1.165) is 29.6 Å². The maximum atomic E-state index is 13.3. The first-order valence-electron chi connectivity index (χ1n) is 12.0. The first-order chi connectivity index (χ1) is 17.6. The number of hydrogen-bond donors (Lipinski definition) is 1. The number of nitrogens with zero attached hydrogens (tertiary/aromatic N) is 5. The number of halogens is 1. The first kappa shape index (κ1) is 31.4. The van der Waals surface area contributed by atoms with Crippen LogP contribution in [-0.4, -0.2) is 72.9 Å². The third kappa shape index (κ3) is 7.87. The molecule has 13 heteroatoms. The van der Waals surface area contributed by atoms with Crippen molar-refractivity contribution in [2.45, 2.75) is 23.6 Å². The molecule has 2 aromatic rings. The molecule has 0 unspecified atom stereocenters. The van der Waals surface area contributed by atoms with Crippen LogP contribution in [0.4, 0.5) is 17.1 Å². The Labute approximate surface area is 232 Å². The highest BCUT2D eigenvalue weighted by molar-refractivity contribution is 7.89. The Morgan fingerprint density at radius 1 is 0.947 bits per heavy atom. The molecule has 0 saturated heterocycles. The summed E-state index contributed by atoms with van der Waals surface area (Å²) in [4.78, 5) is 4.22. The second kappa shape index (κ2) is 13.9. The molecule has 0 aliphatic carbocycles. The van der Waals surface area contributed by atoms with E-state index in [1.54, 1.807) is 12.1 Å². The van der Waals surface area contributed by atoms with Gasteiger partial charge in [0.1, 0.15) is 10.6 Å². The van der Waals surface area contributed by atoms with Gasteiger partial charge in [0.25, 0.3) is 0 Å². The zero-order valence-electron chi connectivity index (χ0n) is 21.9. The third-order valence-electron chi connectivity index (χ3n) is 5.83. The Hall–Kier alpha value is -2.77. The molecule has 10 nitrogen and oxygen atoms in total. The van der Waals surface area contributed by atoms with Gasteiger partial charge in [-0.05, 0) is 68.6 Å². The maximum absolute atomic E-state index is 13.3. The lowest BCUT2D eigenvalue weighted by molar-refractivity contribution is -0.0000126. The van der Waals surface area contributed by atoms with Gasteiger partial charge in [0.05, 0.1) is 10.6 Å². The first-order valence-corrected chi connectivity index (χ1v) is 14.9. The van der Waals surface area contributed by atoms with E-state index in [1.807, 2.05) is 49.2 Å². The normalized spacial score (nSPS) is 13.8. The number of hydrogen-bond acceptors (Lipinski definition) is 8. The molecular weight excluding hydrogens is 548 g/mol. The summed E-state index contributed by atoms with van der Waals surface area (Å²) in [7, 11) is -4.53. The minimum atomic E-state index is -3.89. The van der Waals surface area contributed by atoms with Crippen LogP contribution in [0.15, 0.2) is 86.9 Å². The summed E-state index contributed by atoms with van der Waals surface area (Å²) in [6.07, 6.45) is 7.78. The summed E-state index contributed by atoms with van der Waals surface area (Å²) >= 11 is 0. The summed E-state index contributed by atoms with van der Waals surface area (Å²) in [5, 5.41) is 8.39. The van der Waals surface area contributed by atoms with Crippen molar-refractivity contribution in [3.05, 3.63) is 66.9 Å². The second-order valence-corrected chi connectivity index (χ2v) is 12.4. The smallest absolute Gasteiger partial charge is 0.242 e. The number of azo groups is 1. The van der Waals surface area contributed by atoms with E-state index in [0.29, 0.717) is 12.2 Å². The molecule has 38 heavy (non-hydrogen) atoms. The predicted molar refractivity (Wildman–Crippen MR) is 147 cm³/mol. The van der Waals surface area contributed by atoms with Gasteiger partial charge in [-0.1, -0.05) is 12.2 Å². The Morgan fingerprint density at radius 2 is 1.63 bits per heavy atom. The lowest BCUT2D eigenvalue weighted by atomic mass is 10.2. The number of benzene rings is 2. The van der Waals surface area contributed by atoms with Gasteiger partial charge in [-0.3, -0.25) is 0 Å². The molecule has 0 atom stereocenters. The van der Waals surface area contributed by atoms with E-state index in [2.05, 4.69) is 19.9 Å². The average molecular weight is 582 g/mol. The van der Waals surface area contributed by atoms with E-state index in [1.165, 1.54) is 38.4 Å². The lowest BCUT2D eigenvalue weighted by Gasteiger charge is -2.23. The van der Waals surface area contributed by atoms with Gasteiger partial charge in [-0.25, -0.2) is 25.9 Å². The average Bonchev–Trinajstić information content (AvgIpc) is 2.89. The van der Waals surface area contributed by atoms with Crippen molar-refractivity contribution in [2.75, 3.05) is 51.7 Å². The number of allylic oxidation sites excluding steroid dienone is 2. The number of anilines is 1. The summed E-state index contributed by atoms with van der Waals surface area (Å²) in [5.74, 6) is 0. The van der Waals surface area contributed by atoms with Crippen LogP contribution in [-0.2, 0) is 20.0 Å². The monoisotopic (exact) mass is 581 g/mol.